The second-order valence-corrected chi connectivity index (χ2v) is 6.45. The van der Waals surface area contributed by atoms with E-state index >= 15 is 0 Å². The zero-order valence-corrected chi connectivity index (χ0v) is 14.3. The smallest absolute Gasteiger partial charge is 0.335 e. The lowest BCUT2D eigenvalue weighted by Crippen LogP contribution is -2.14. The van der Waals surface area contributed by atoms with Gasteiger partial charge < -0.3 is 15.6 Å². The van der Waals surface area contributed by atoms with E-state index in [2.05, 4.69) is 4.98 Å². The number of ether oxygens (including phenoxy) is 1. The van der Waals surface area contributed by atoms with E-state index in [1.165, 1.54) is 11.3 Å². The number of carbonyl (C=O) groups is 1. The van der Waals surface area contributed by atoms with E-state index in [9.17, 15) is 9.90 Å². The number of hydrogen-bond acceptors (Lipinski definition) is 5. The molecule has 5 nitrogen and oxygen atoms in total. The molecule has 0 fully saturated rings. The maximum Gasteiger partial charge on any atom is 0.335 e. The highest BCUT2D eigenvalue weighted by Gasteiger charge is 2.23. The molecule has 3 N–H and O–H groups in total. The van der Waals surface area contributed by atoms with Crippen LogP contribution in [0, 0.1) is 0 Å². The first-order valence-corrected chi connectivity index (χ1v) is 8.68. The fourth-order valence-corrected chi connectivity index (χ4v) is 3.28. The zero-order chi connectivity index (χ0) is 17.6. The second kappa shape index (κ2) is 7.92. The lowest BCUT2D eigenvalue weighted by Gasteiger charge is -2.18. The molecule has 1 atom stereocenters. The third-order valence-electron chi connectivity index (χ3n) is 3.86. The molecular weight excluding hydrogens is 336 g/mol. The average molecular weight is 354 g/mol. The molecule has 0 aliphatic heterocycles. The van der Waals surface area contributed by atoms with Crippen LogP contribution in [0.15, 0.2) is 60.0 Å². The van der Waals surface area contributed by atoms with E-state index < -0.39 is 5.97 Å². The summed E-state index contributed by atoms with van der Waals surface area (Å²) in [5, 5.41) is 11.8. The van der Waals surface area contributed by atoms with Gasteiger partial charge >= 0.3 is 5.97 Å². The molecule has 0 bridgehead atoms. The van der Waals surface area contributed by atoms with E-state index in [4.69, 9.17) is 10.5 Å². The van der Waals surface area contributed by atoms with Crippen molar-refractivity contribution in [1.82, 2.24) is 4.98 Å². The number of carboxylic acid groups (broad SMARTS) is 1. The highest BCUT2D eigenvalue weighted by atomic mass is 32.1. The molecule has 3 aromatic rings. The van der Waals surface area contributed by atoms with Crippen molar-refractivity contribution in [3.63, 3.8) is 0 Å². The summed E-state index contributed by atoms with van der Waals surface area (Å²) < 4.78 is 5.87. The summed E-state index contributed by atoms with van der Waals surface area (Å²) >= 11 is 1.34. The van der Waals surface area contributed by atoms with E-state index in [1.54, 1.807) is 18.2 Å². The molecule has 25 heavy (non-hydrogen) atoms. The van der Waals surface area contributed by atoms with Crippen LogP contribution < -0.4 is 5.73 Å². The first-order valence-electron chi connectivity index (χ1n) is 7.80. The molecule has 0 spiro atoms. The van der Waals surface area contributed by atoms with Crippen molar-refractivity contribution >= 4 is 22.4 Å². The molecule has 0 unspecified atom stereocenters. The van der Waals surface area contributed by atoms with E-state index in [-0.39, 0.29) is 11.5 Å². The number of nitrogens with two attached hydrogens (primary N) is 1. The molecule has 0 amide bonds. The van der Waals surface area contributed by atoms with Gasteiger partial charge in [0.05, 0.1) is 30.4 Å². The molecule has 3 rings (SSSR count). The Hall–Kier alpha value is -2.70. The maximum absolute atomic E-state index is 11.6. The molecule has 1 heterocycles. The molecular formula is C19H18N2O3S. The Kier molecular flexibility index (Phi) is 5.42. The average Bonchev–Trinajstić information content (AvgIpc) is 3.06. The molecule has 1 aromatic heterocycles. The summed E-state index contributed by atoms with van der Waals surface area (Å²) in [4.78, 5) is 15.9. The normalized spacial score (nSPS) is 12.0. The van der Waals surface area contributed by atoms with E-state index in [0.29, 0.717) is 23.9 Å². The fraction of sp³-hybridized carbons (Fsp3) is 0.158. The second-order valence-electron chi connectivity index (χ2n) is 5.56. The monoisotopic (exact) mass is 354 g/mol. The third-order valence-corrected chi connectivity index (χ3v) is 4.55. The van der Waals surface area contributed by atoms with Gasteiger partial charge in [0.1, 0.15) is 0 Å². The summed E-state index contributed by atoms with van der Waals surface area (Å²) in [6.45, 7) is 0.772. The Balaban J connectivity index is 1.85. The van der Waals surface area contributed by atoms with Gasteiger partial charge in [0.2, 0.25) is 0 Å². The highest BCUT2D eigenvalue weighted by Crippen LogP contribution is 2.30. The quantitative estimate of drug-likeness (QED) is 0.674. The van der Waals surface area contributed by atoms with Gasteiger partial charge in [-0.15, -0.1) is 11.3 Å². The summed E-state index contributed by atoms with van der Waals surface area (Å²) in [6.07, 6.45) is 0. The molecule has 0 aliphatic rings. The fourth-order valence-electron chi connectivity index (χ4n) is 2.66. The van der Waals surface area contributed by atoms with Crippen LogP contribution in [-0.4, -0.2) is 22.7 Å². The Morgan fingerprint density at radius 3 is 2.56 bits per heavy atom. The number of rotatable bonds is 7. The molecule has 0 saturated carbocycles. The maximum atomic E-state index is 11.6. The Bertz CT molecular complexity index is 849. The molecule has 128 valence electrons. The van der Waals surface area contributed by atoms with Crippen LogP contribution in [0.2, 0.25) is 0 Å². The van der Waals surface area contributed by atoms with Crippen LogP contribution in [-0.2, 0) is 11.3 Å². The molecule has 0 radical (unpaired) electrons. The predicted octanol–water partition coefficient (Wildman–Crippen LogP) is 3.77. The van der Waals surface area contributed by atoms with Crippen molar-refractivity contribution in [3.05, 3.63) is 82.4 Å². The Labute approximate surface area is 149 Å². The van der Waals surface area contributed by atoms with Gasteiger partial charge in [0.15, 0.2) is 5.13 Å². The van der Waals surface area contributed by atoms with Crippen molar-refractivity contribution in [2.45, 2.75) is 12.5 Å². The third kappa shape index (κ3) is 4.23. The van der Waals surface area contributed by atoms with Crippen molar-refractivity contribution in [2.24, 2.45) is 0 Å². The van der Waals surface area contributed by atoms with Crippen LogP contribution in [0.3, 0.4) is 0 Å². The lowest BCUT2D eigenvalue weighted by molar-refractivity contribution is 0.0693. The number of aromatic carboxylic acids is 1. The van der Waals surface area contributed by atoms with Crippen LogP contribution in [0.4, 0.5) is 5.13 Å². The molecule has 2 aromatic carbocycles. The minimum atomic E-state index is -0.966. The highest BCUT2D eigenvalue weighted by molar-refractivity contribution is 7.13. The summed E-state index contributed by atoms with van der Waals surface area (Å²) in [5.41, 5.74) is 8.48. The lowest BCUT2D eigenvalue weighted by atomic mass is 9.92. The first kappa shape index (κ1) is 17.1. The van der Waals surface area contributed by atoms with E-state index in [1.807, 2.05) is 41.8 Å². The standard InChI is InChI=1S/C19H18N2O3S/c20-19-21-17(12-25-19)16(11-24-10-13-6-2-1-3-7-13)14-8-4-5-9-15(14)18(22)23/h1-9,12,16H,10-11H2,(H2,20,21)(H,22,23)/t16-/m0/s1. The molecule has 6 heteroatoms. The number of anilines is 1. The summed E-state index contributed by atoms with van der Waals surface area (Å²) in [6, 6.07) is 16.8. The van der Waals surface area contributed by atoms with Crippen molar-refractivity contribution < 1.29 is 14.6 Å². The number of thiazole rings is 1. The van der Waals surface area contributed by atoms with Crippen LogP contribution in [0.25, 0.3) is 0 Å². The van der Waals surface area contributed by atoms with Gasteiger partial charge in [0, 0.05) is 5.38 Å². The summed E-state index contributed by atoms with van der Waals surface area (Å²) in [5.74, 6) is -1.25. The first-order chi connectivity index (χ1) is 12.1. The number of aromatic nitrogens is 1. The number of carboxylic acids is 1. The topological polar surface area (TPSA) is 85.4 Å². The number of benzene rings is 2. The van der Waals surface area contributed by atoms with Crippen molar-refractivity contribution in [3.8, 4) is 0 Å². The zero-order valence-electron chi connectivity index (χ0n) is 13.5. The Morgan fingerprint density at radius 2 is 1.88 bits per heavy atom. The largest absolute Gasteiger partial charge is 0.478 e. The van der Waals surface area contributed by atoms with Gasteiger partial charge in [-0.2, -0.15) is 0 Å². The number of nitrogens with zero attached hydrogens (tertiary/aromatic N) is 1. The number of nitrogen functional groups attached to an aromatic ring is 1. The van der Waals surface area contributed by atoms with Gasteiger partial charge in [-0.1, -0.05) is 48.5 Å². The van der Waals surface area contributed by atoms with Crippen LogP contribution in [0.1, 0.15) is 33.1 Å². The molecule has 0 saturated heterocycles. The van der Waals surface area contributed by atoms with Crippen LogP contribution >= 0.6 is 11.3 Å². The SMILES string of the molecule is Nc1nc([C@@H](COCc2ccccc2)c2ccccc2C(=O)O)cs1. The molecule has 0 aliphatic carbocycles. The minimum absolute atomic E-state index is 0.252. The van der Waals surface area contributed by atoms with Crippen molar-refractivity contribution in [1.29, 1.82) is 0 Å². The van der Waals surface area contributed by atoms with Gasteiger partial charge in [-0.25, -0.2) is 9.78 Å². The van der Waals surface area contributed by atoms with E-state index in [0.717, 1.165) is 11.3 Å². The number of hydrogen-bond donors (Lipinski definition) is 2. The predicted molar refractivity (Wildman–Crippen MR) is 97.9 cm³/mol. The minimum Gasteiger partial charge on any atom is -0.478 e. The van der Waals surface area contributed by atoms with Gasteiger partial charge in [0.25, 0.3) is 0 Å². The Morgan fingerprint density at radius 1 is 1.16 bits per heavy atom. The van der Waals surface area contributed by atoms with Crippen LogP contribution in [0.5, 0.6) is 0 Å². The summed E-state index contributed by atoms with van der Waals surface area (Å²) in [7, 11) is 0. The van der Waals surface area contributed by atoms with Crippen molar-refractivity contribution in [2.75, 3.05) is 12.3 Å². The van der Waals surface area contributed by atoms with Gasteiger partial charge in [-0.3, -0.25) is 0 Å². The van der Waals surface area contributed by atoms with Gasteiger partial charge in [-0.05, 0) is 17.2 Å².